The Hall–Kier alpha value is -2.44. The summed E-state index contributed by atoms with van der Waals surface area (Å²) in [7, 11) is -2.55. The van der Waals surface area contributed by atoms with Crippen molar-refractivity contribution in [2.75, 3.05) is 46.4 Å². The minimum Gasteiger partial charge on any atom is -0.380 e. The molecule has 5 rings (SSSR count). The van der Waals surface area contributed by atoms with E-state index in [0.717, 1.165) is 4.31 Å². The Morgan fingerprint density at radius 3 is 2.71 bits per heavy atom. The SMILES string of the molecule is C=CC(=O)N1CCC2(CC1)CN1C(=O)CN(S(=O)(=O)c3cc4cc(Cl)ccc4[nH]3)CC1(COC)O2. The summed E-state index contributed by atoms with van der Waals surface area (Å²) >= 11 is 6.05. The van der Waals surface area contributed by atoms with Crippen LogP contribution in [0.25, 0.3) is 10.9 Å². The summed E-state index contributed by atoms with van der Waals surface area (Å²) in [4.78, 5) is 31.5. The van der Waals surface area contributed by atoms with Gasteiger partial charge in [-0.25, -0.2) is 8.42 Å². The maximum absolute atomic E-state index is 13.6. The fraction of sp³-hybridized carbons (Fsp3) is 0.478. The molecule has 4 heterocycles. The number of halogens is 1. The average Bonchev–Trinajstić information content (AvgIpc) is 3.39. The van der Waals surface area contributed by atoms with Gasteiger partial charge in [0.2, 0.25) is 11.8 Å². The minimum atomic E-state index is -4.04. The molecule has 0 bridgehead atoms. The summed E-state index contributed by atoms with van der Waals surface area (Å²) in [6.07, 6.45) is 2.34. The van der Waals surface area contributed by atoms with Gasteiger partial charge in [0.05, 0.1) is 31.8 Å². The molecule has 35 heavy (non-hydrogen) atoms. The number of nitrogens with one attached hydrogen (secondary N) is 1. The van der Waals surface area contributed by atoms with Crippen LogP contribution >= 0.6 is 11.6 Å². The second-order valence-corrected chi connectivity index (χ2v) is 11.7. The number of piperidine rings is 1. The zero-order valence-electron chi connectivity index (χ0n) is 19.3. The smallest absolute Gasteiger partial charge is 0.259 e. The van der Waals surface area contributed by atoms with E-state index in [4.69, 9.17) is 21.1 Å². The second kappa shape index (κ2) is 8.59. The fourth-order valence-electron chi connectivity index (χ4n) is 5.35. The molecule has 1 unspecified atom stereocenters. The summed E-state index contributed by atoms with van der Waals surface area (Å²) in [6.45, 7) is 4.45. The molecule has 3 saturated heterocycles. The first-order valence-electron chi connectivity index (χ1n) is 11.3. The number of carbonyl (C=O) groups is 2. The summed E-state index contributed by atoms with van der Waals surface area (Å²) in [5.74, 6) is -0.493. The Morgan fingerprint density at radius 2 is 2.03 bits per heavy atom. The first-order chi connectivity index (χ1) is 16.6. The van der Waals surface area contributed by atoms with Crippen LogP contribution in [0.2, 0.25) is 5.02 Å². The molecule has 3 aliphatic heterocycles. The van der Waals surface area contributed by atoms with Crippen molar-refractivity contribution in [3.63, 3.8) is 0 Å². The van der Waals surface area contributed by atoms with Crippen LogP contribution in [-0.2, 0) is 29.1 Å². The number of sulfonamides is 1. The maximum Gasteiger partial charge on any atom is 0.259 e. The van der Waals surface area contributed by atoms with Gasteiger partial charge < -0.3 is 24.3 Å². The van der Waals surface area contributed by atoms with E-state index in [1.807, 2.05) is 0 Å². The van der Waals surface area contributed by atoms with Crippen molar-refractivity contribution in [2.45, 2.75) is 29.2 Å². The number of hydrogen-bond donors (Lipinski definition) is 1. The van der Waals surface area contributed by atoms with E-state index in [-0.39, 0.29) is 36.5 Å². The van der Waals surface area contributed by atoms with E-state index in [0.29, 0.717) is 48.4 Å². The first-order valence-corrected chi connectivity index (χ1v) is 13.1. The molecule has 12 heteroatoms. The van der Waals surface area contributed by atoms with Crippen LogP contribution in [0.5, 0.6) is 0 Å². The molecule has 1 aromatic carbocycles. The van der Waals surface area contributed by atoms with Crippen molar-refractivity contribution in [1.29, 1.82) is 0 Å². The zero-order chi connectivity index (χ0) is 25.0. The van der Waals surface area contributed by atoms with Gasteiger partial charge in [0.25, 0.3) is 10.0 Å². The number of carbonyl (C=O) groups excluding carboxylic acids is 2. The minimum absolute atomic E-state index is 0.0180. The van der Waals surface area contributed by atoms with Crippen LogP contribution in [0.3, 0.4) is 0 Å². The number of amides is 2. The van der Waals surface area contributed by atoms with Crippen molar-refractivity contribution in [3.8, 4) is 0 Å². The molecule has 2 aromatic rings. The highest BCUT2D eigenvalue weighted by Crippen LogP contribution is 2.44. The Balaban J connectivity index is 1.43. The average molecular weight is 523 g/mol. The van der Waals surface area contributed by atoms with Crippen LogP contribution in [0.1, 0.15) is 12.8 Å². The predicted molar refractivity (Wildman–Crippen MR) is 128 cm³/mol. The lowest BCUT2D eigenvalue weighted by atomic mass is 9.91. The molecule has 1 atom stereocenters. The molecule has 0 radical (unpaired) electrons. The highest BCUT2D eigenvalue weighted by Gasteiger charge is 2.61. The maximum atomic E-state index is 13.6. The van der Waals surface area contributed by atoms with Crippen LogP contribution in [0, 0.1) is 0 Å². The molecule has 2 amide bonds. The van der Waals surface area contributed by atoms with Gasteiger partial charge in [-0.05, 0) is 43.2 Å². The third kappa shape index (κ3) is 4.05. The zero-order valence-corrected chi connectivity index (χ0v) is 20.9. The van der Waals surface area contributed by atoms with E-state index in [1.54, 1.807) is 28.0 Å². The lowest BCUT2D eigenvalue weighted by molar-refractivity contribution is -0.197. The number of nitrogens with zero attached hydrogens (tertiary/aromatic N) is 3. The van der Waals surface area contributed by atoms with Crippen molar-refractivity contribution in [1.82, 2.24) is 19.1 Å². The standard InChI is InChI=1S/C23H27ClN4O6S/c1-3-20(29)26-8-6-22(7-9-26)13-28-21(30)12-27(14-23(28,34-22)15-33-2)35(31,32)19-11-16-10-17(24)4-5-18(16)25-19/h3-5,10-11,25H,1,6-9,12-15H2,2H3. The largest absolute Gasteiger partial charge is 0.380 e. The Bertz CT molecular complexity index is 1300. The number of aromatic nitrogens is 1. The van der Waals surface area contributed by atoms with Crippen LogP contribution < -0.4 is 0 Å². The van der Waals surface area contributed by atoms with E-state index in [1.165, 1.54) is 19.3 Å². The van der Waals surface area contributed by atoms with Crippen LogP contribution in [-0.4, -0.2) is 97.1 Å². The molecular weight excluding hydrogens is 496 g/mol. The molecule has 0 saturated carbocycles. The fourth-order valence-corrected chi connectivity index (χ4v) is 6.98. The molecule has 1 aromatic heterocycles. The number of ether oxygens (including phenoxy) is 2. The number of aromatic amines is 1. The topological polar surface area (TPSA) is 112 Å². The molecule has 188 valence electrons. The van der Waals surface area contributed by atoms with Gasteiger partial charge in [-0.2, -0.15) is 4.31 Å². The van der Waals surface area contributed by atoms with Crippen molar-refractivity contribution in [2.24, 2.45) is 0 Å². The number of hydrogen-bond acceptors (Lipinski definition) is 6. The van der Waals surface area contributed by atoms with Crippen molar-refractivity contribution < 1.29 is 27.5 Å². The highest BCUT2D eigenvalue weighted by molar-refractivity contribution is 7.89. The highest BCUT2D eigenvalue weighted by atomic mass is 35.5. The second-order valence-electron chi connectivity index (χ2n) is 9.31. The lowest BCUT2D eigenvalue weighted by Gasteiger charge is -2.44. The normalized spacial score (nSPS) is 24.8. The number of rotatable bonds is 5. The number of piperazine rings is 1. The van der Waals surface area contributed by atoms with E-state index < -0.39 is 21.3 Å². The summed E-state index contributed by atoms with van der Waals surface area (Å²) in [6, 6.07) is 6.57. The molecule has 0 aliphatic carbocycles. The van der Waals surface area contributed by atoms with Crippen LogP contribution in [0.4, 0.5) is 0 Å². The number of methoxy groups -OCH3 is 1. The Morgan fingerprint density at radius 1 is 1.29 bits per heavy atom. The molecule has 3 fully saturated rings. The quantitative estimate of drug-likeness (QED) is 0.597. The number of H-pyrrole nitrogens is 1. The monoisotopic (exact) mass is 522 g/mol. The number of fused-ring (bicyclic) bond motifs is 2. The predicted octanol–water partition coefficient (Wildman–Crippen LogP) is 1.57. The third-order valence-corrected chi connectivity index (χ3v) is 9.04. The Labute approximate surface area is 208 Å². The van der Waals surface area contributed by atoms with E-state index in [2.05, 4.69) is 11.6 Å². The van der Waals surface area contributed by atoms with Gasteiger partial charge in [-0.15, -0.1) is 0 Å². The summed E-state index contributed by atoms with van der Waals surface area (Å²) in [5.41, 5.74) is -1.30. The van der Waals surface area contributed by atoms with Gasteiger partial charge in [-0.1, -0.05) is 18.2 Å². The lowest BCUT2D eigenvalue weighted by Crippen LogP contribution is -2.65. The first kappa shape index (κ1) is 24.3. The van der Waals surface area contributed by atoms with Crippen LogP contribution in [0.15, 0.2) is 41.9 Å². The molecule has 1 N–H and O–H groups in total. The third-order valence-electron chi connectivity index (χ3n) is 7.09. The van der Waals surface area contributed by atoms with Gasteiger partial charge in [0.15, 0.2) is 5.72 Å². The van der Waals surface area contributed by atoms with Gasteiger partial charge in [0.1, 0.15) is 5.03 Å². The molecule has 10 nitrogen and oxygen atoms in total. The van der Waals surface area contributed by atoms with E-state index in [9.17, 15) is 18.0 Å². The molecule has 3 aliphatic rings. The number of benzene rings is 1. The van der Waals surface area contributed by atoms with Crippen molar-refractivity contribution in [3.05, 3.63) is 41.9 Å². The van der Waals surface area contributed by atoms with Crippen molar-refractivity contribution >= 4 is 44.3 Å². The van der Waals surface area contributed by atoms with Gasteiger partial charge in [0, 0.05) is 36.1 Å². The van der Waals surface area contributed by atoms with E-state index >= 15 is 0 Å². The molecular formula is C23H27ClN4O6S. The number of likely N-dealkylation sites (tertiary alicyclic amines) is 1. The Kier molecular flexibility index (Phi) is 5.96. The molecule has 1 spiro atoms. The summed E-state index contributed by atoms with van der Waals surface area (Å²) < 4.78 is 40.3. The van der Waals surface area contributed by atoms with Gasteiger partial charge >= 0.3 is 0 Å². The summed E-state index contributed by atoms with van der Waals surface area (Å²) in [5, 5.41) is 1.13. The van der Waals surface area contributed by atoms with Gasteiger partial charge in [-0.3, -0.25) is 9.59 Å².